The van der Waals surface area contributed by atoms with E-state index in [4.69, 9.17) is 0 Å². The van der Waals surface area contributed by atoms with E-state index in [1.807, 2.05) is 31.2 Å². The molecule has 1 saturated heterocycles. The molecule has 5 nitrogen and oxygen atoms in total. The van der Waals surface area contributed by atoms with Crippen LogP contribution in [0.4, 0.5) is 0 Å². The number of rotatable bonds is 6. The first-order chi connectivity index (χ1) is 11.2. The minimum atomic E-state index is -0.132. The second kappa shape index (κ2) is 7.75. The lowest BCUT2D eigenvalue weighted by Crippen LogP contribution is -2.22. The van der Waals surface area contributed by atoms with Crippen LogP contribution in [0.1, 0.15) is 29.7 Å². The standard InChI is InChI=1S/C17H22N4OS/c1-13-6-2-3-7-14(13)12-15-16(22)18-17(20-19-15)23-11-10-21-8-4-5-9-21/h2-3,6-7H,4-5,8-12H2,1H3,(H,18,20,22). The third kappa shape index (κ3) is 4.42. The predicted molar refractivity (Wildman–Crippen MR) is 93.0 cm³/mol. The monoisotopic (exact) mass is 330 g/mol. The number of thioether (sulfide) groups is 1. The fourth-order valence-electron chi connectivity index (χ4n) is 2.79. The van der Waals surface area contributed by atoms with Crippen molar-refractivity contribution < 1.29 is 0 Å². The van der Waals surface area contributed by atoms with Crippen LogP contribution in [-0.4, -0.2) is 45.5 Å². The summed E-state index contributed by atoms with van der Waals surface area (Å²) in [6, 6.07) is 8.04. The first-order valence-corrected chi connectivity index (χ1v) is 9.06. The van der Waals surface area contributed by atoms with Gasteiger partial charge in [0.2, 0.25) is 0 Å². The third-order valence-electron chi connectivity index (χ3n) is 4.21. The van der Waals surface area contributed by atoms with Crippen LogP contribution in [0, 0.1) is 6.92 Å². The van der Waals surface area contributed by atoms with Gasteiger partial charge in [-0.2, -0.15) is 0 Å². The average molecular weight is 330 g/mol. The molecule has 3 rings (SSSR count). The normalized spacial score (nSPS) is 15.2. The van der Waals surface area contributed by atoms with Gasteiger partial charge in [0.1, 0.15) is 5.69 Å². The molecule has 23 heavy (non-hydrogen) atoms. The minimum absolute atomic E-state index is 0.132. The number of aryl methyl sites for hydroxylation is 1. The fourth-order valence-corrected chi connectivity index (χ4v) is 3.60. The molecule has 0 unspecified atom stereocenters. The van der Waals surface area contributed by atoms with Crippen molar-refractivity contribution in [3.05, 3.63) is 51.4 Å². The molecule has 2 heterocycles. The van der Waals surface area contributed by atoms with Gasteiger partial charge in [-0.1, -0.05) is 36.0 Å². The molecule has 122 valence electrons. The van der Waals surface area contributed by atoms with Gasteiger partial charge in [-0.05, 0) is 44.0 Å². The van der Waals surface area contributed by atoms with E-state index in [-0.39, 0.29) is 5.56 Å². The van der Waals surface area contributed by atoms with Gasteiger partial charge in [0.15, 0.2) is 5.16 Å². The molecule has 2 aromatic rings. The lowest BCUT2D eigenvalue weighted by atomic mass is 10.0. The molecule has 0 aliphatic carbocycles. The molecular weight excluding hydrogens is 308 g/mol. The van der Waals surface area contributed by atoms with Crippen molar-refractivity contribution in [2.45, 2.75) is 31.3 Å². The van der Waals surface area contributed by atoms with Crippen LogP contribution in [0.25, 0.3) is 0 Å². The Morgan fingerprint density at radius 2 is 2.00 bits per heavy atom. The van der Waals surface area contributed by atoms with E-state index >= 15 is 0 Å². The van der Waals surface area contributed by atoms with Crippen LogP contribution in [0.2, 0.25) is 0 Å². The summed E-state index contributed by atoms with van der Waals surface area (Å²) in [5.74, 6) is 0.932. The second-order valence-electron chi connectivity index (χ2n) is 5.91. The summed E-state index contributed by atoms with van der Waals surface area (Å²) in [6.45, 7) is 5.47. The zero-order chi connectivity index (χ0) is 16.1. The van der Waals surface area contributed by atoms with Crippen molar-refractivity contribution in [3.8, 4) is 0 Å². The highest BCUT2D eigenvalue weighted by atomic mass is 32.2. The number of benzene rings is 1. The Kier molecular flexibility index (Phi) is 5.46. The molecule has 0 atom stereocenters. The van der Waals surface area contributed by atoms with E-state index in [0.717, 1.165) is 23.4 Å². The summed E-state index contributed by atoms with van der Waals surface area (Å²) >= 11 is 1.57. The Hall–Kier alpha value is -1.66. The van der Waals surface area contributed by atoms with Crippen LogP contribution >= 0.6 is 11.8 Å². The van der Waals surface area contributed by atoms with Crippen LogP contribution in [-0.2, 0) is 6.42 Å². The molecule has 1 fully saturated rings. The highest BCUT2D eigenvalue weighted by molar-refractivity contribution is 7.99. The summed E-state index contributed by atoms with van der Waals surface area (Å²) in [7, 11) is 0. The van der Waals surface area contributed by atoms with E-state index in [1.165, 1.54) is 25.9 Å². The van der Waals surface area contributed by atoms with Gasteiger partial charge in [0.05, 0.1) is 0 Å². The predicted octanol–water partition coefficient (Wildman–Crippen LogP) is 2.25. The fraction of sp³-hybridized carbons (Fsp3) is 0.471. The van der Waals surface area contributed by atoms with Gasteiger partial charge in [-0.25, -0.2) is 0 Å². The largest absolute Gasteiger partial charge is 0.303 e. The lowest BCUT2D eigenvalue weighted by molar-refractivity contribution is 0.362. The number of aromatic amines is 1. The number of nitrogens with zero attached hydrogens (tertiary/aromatic N) is 3. The number of hydrogen-bond acceptors (Lipinski definition) is 5. The number of nitrogens with one attached hydrogen (secondary N) is 1. The molecular formula is C17H22N4OS. The molecule has 1 aliphatic rings. The highest BCUT2D eigenvalue weighted by Gasteiger charge is 2.12. The zero-order valence-corrected chi connectivity index (χ0v) is 14.2. The van der Waals surface area contributed by atoms with E-state index in [1.54, 1.807) is 11.8 Å². The molecule has 0 bridgehead atoms. The molecule has 6 heteroatoms. The van der Waals surface area contributed by atoms with Crippen molar-refractivity contribution >= 4 is 11.8 Å². The molecule has 0 radical (unpaired) electrons. The maximum atomic E-state index is 12.2. The molecule has 1 aromatic carbocycles. The Bertz CT molecular complexity index is 710. The Balaban J connectivity index is 1.59. The third-order valence-corrected chi connectivity index (χ3v) is 5.05. The van der Waals surface area contributed by atoms with Gasteiger partial charge in [-0.15, -0.1) is 10.2 Å². The van der Waals surface area contributed by atoms with Crippen molar-refractivity contribution in [2.75, 3.05) is 25.4 Å². The van der Waals surface area contributed by atoms with Crippen molar-refractivity contribution in [3.63, 3.8) is 0 Å². The second-order valence-corrected chi connectivity index (χ2v) is 6.99. The van der Waals surface area contributed by atoms with Crippen LogP contribution in [0.3, 0.4) is 0 Å². The summed E-state index contributed by atoms with van der Waals surface area (Å²) in [5, 5.41) is 8.92. The SMILES string of the molecule is Cc1ccccc1Cc1nnc(SCCN2CCCC2)[nH]c1=O. The van der Waals surface area contributed by atoms with Gasteiger partial charge in [0, 0.05) is 18.7 Å². The smallest absolute Gasteiger partial charge is 0.273 e. The maximum Gasteiger partial charge on any atom is 0.273 e. The van der Waals surface area contributed by atoms with Gasteiger partial charge >= 0.3 is 0 Å². The number of hydrogen-bond donors (Lipinski definition) is 1. The Morgan fingerprint density at radius 1 is 1.22 bits per heavy atom. The first kappa shape index (κ1) is 16.2. The Morgan fingerprint density at radius 3 is 2.74 bits per heavy atom. The van der Waals surface area contributed by atoms with Gasteiger partial charge in [0.25, 0.3) is 5.56 Å². The Labute approximate surface area is 140 Å². The first-order valence-electron chi connectivity index (χ1n) is 8.08. The highest BCUT2D eigenvalue weighted by Crippen LogP contribution is 2.14. The zero-order valence-electron chi connectivity index (χ0n) is 13.4. The van der Waals surface area contributed by atoms with Gasteiger partial charge < -0.3 is 4.90 Å². The molecule has 1 N–H and O–H groups in total. The van der Waals surface area contributed by atoms with Crippen LogP contribution in [0.5, 0.6) is 0 Å². The van der Waals surface area contributed by atoms with Gasteiger partial charge in [-0.3, -0.25) is 9.78 Å². The molecule has 0 amide bonds. The molecule has 1 aromatic heterocycles. The topological polar surface area (TPSA) is 61.9 Å². The lowest BCUT2D eigenvalue weighted by Gasteiger charge is -2.13. The van der Waals surface area contributed by atoms with Crippen molar-refractivity contribution in [1.29, 1.82) is 0 Å². The van der Waals surface area contributed by atoms with Crippen molar-refractivity contribution in [2.24, 2.45) is 0 Å². The minimum Gasteiger partial charge on any atom is -0.303 e. The van der Waals surface area contributed by atoms with E-state index in [2.05, 4.69) is 20.1 Å². The number of aromatic nitrogens is 3. The van der Waals surface area contributed by atoms with E-state index < -0.39 is 0 Å². The maximum absolute atomic E-state index is 12.2. The summed E-state index contributed by atoms with van der Waals surface area (Å²) in [6.07, 6.45) is 3.12. The van der Waals surface area contributed by atoms with Crippen molar-refractivity contribution in [1.82, 2.24) is 20.1 Å². The van der Waals surface area contributed by atoms with E-state index in [0.29, 0.717) is 17.3 Å². The molecule has 1 aliphatic heterocycles. The number of likely N-dealkylation sites (tertiary alicyclic amines) is 1. The average Bonchev–Trinajstić information content (AvgIpc) is 3.05. The van der Waals surface area contributed by atoms with Crippen LogP contribution in [0.15, 0.2) is 34.2 Å². The summed E-state index contributed by atoms with van der Waals surface area (Å²) in [4.78, 5) is 17.5. The molecule has 0 saturated carbocycles. The van der Waals surface area contributed by atoms with Crippen LogP contribution < -0.4 is 5.56 Å². The quantitative estimate of drug-likeness (QED) is 0.823. The summed E-state index contributed by atoms with van der Waals surface area (Å²) in [5.41, 5.74) is 2.62. The summed E-state index contributed by atoms with van der Waals surface area (Å²) < 4.78 is 0. The molecule has 0 spiro atoms. The van der Waals surface area contributed by atoms with E-state index in [9.17, 15) is 4.79 Å². The number of H-pyrrole nitrogens is 1.